The Labute approximate surface area is 53.3 Å². The van der Waals surface area contributed by atoms with Crippen molar-refractivity contribution in [1.29, 1.82) is 0 Å². The van der Waals surface area contributed by atoms with Crippen molar-refractivity contribution < 1.29 is 8.42 Å². The predicted octanol–water partition coefficient (Wildman–Crippen LogP) is -0.539. The molecule has 1 aliphatic heterocycles. The SMILES string of the molecule is CNC1=NS(=O)(=O)C=C1. The molecule has 9 heavy (non-hydrogen) atoms. The van der Waals surface area contributed by atoms with Gasteiger partial charge in [0.05, 0.1) is 5.41 Å². The van der Waals surface area contributed by atoms with Crippen LogP contribution in [0.5, 0.6) is 0 Å². The van der Waals surface area contributed by atoms with Gasteiger partial charge in [-0.2, -0.15) is 8.42 Å². The first kappa shape index (κ1) is 6.28. The molecule has 0 spiro atoms. The monoisotopic (exact) mass is 146 g/mol. The molecular formula is C4H6N2O2S. The highest BCUT2D eigenvalue weighted by molar-refractivity contribution is 7.93. The van der Waals surface area contributed by atoms with Gasteiger partial charge in [-0.25, -0.2) is 0 Å². The number of hydrogen-bond donors (Lipinski definition) is 1. The van der Waals surface area contributed by atoms with Crippen LogP contribution >= 0.6 is 0 Å². The lowest BCUT2D eigenvalue weighted by atomic mass is 10.6. The number of nitrogens with zero attached hydrogens (tertiary/aromatic N) is 1. The van der Waals surface area contributed by atoms with Gasteiger partial charge in [0.1, 0.15) is 5.84 Å². The van der Waals surface area contributed by atoms with Gasteiger partial charge in [-0.05, 0) is 6.08 Å². The second-order valence-corrected chi connectivity index (χ2v) is 3.03. The fraction of sp³-hybridized carbons (Fsp3) is 0.250. The lowest BCUT2D eigenvalue weighted by Gasteiger charge is -1.88. The molecule has 1 rings (SSSR count). The zero-order valence-corrected chi connectivity index (χ0v) is 5.64. The smallest absolute Gasteiger partial charge is 0.277 e. The van der Waals surface area contributed by atoms with Crippen LogP contribution in [0.2, 0.25) is 0 Å². The van der Waals surface area contributed by atoms with Crippen molar-refractivity contribution >= 4 is 15.9 Å². The second kappa shape index (κ2) is 1.84. The van der Waals surface area contributed by atoms with E-state index in [9.17, 15) is 8.42 Å². The van der Waals surface area contributed by atoms with Gasteiger partial charge in [0.25, 0.3) is 10.0 Å². The van der Waals surface area contributed by atoms with E-state index in [1.807, 2.05) is 0 Å². The van der Waals surface area contributed by atoms with Gasteiger partial charge in [0, 0.05) is 7.05 Å². The van der Waals surface area contributed by atoms with E-state index < -0.39 is 10.0 Å². The van der Waals surface area contributed by atoms with Crippen LogP contribution in [0.4, 0.5) is 0 Å². The van der Waals surface area contributed by atoms with Crippen LogP contribution in [-0.4, -0.2) is 21.3 Å². The minimum absolute atomic E-state index is 0.384. The Bertz CT molecular complexity index is 262. The molecule has 0 saturated heterocycles. The first-order valence-electron chi connectivity index (χ1n) is 2.35. The van der Waals surface area contributed by atoms with E-state index in [1.54, 1.807) is 7.05 Å². The normalized spacial score (nSPS) is 21.7. The Morgan fingerprint density at radius 3 is 2.56 bits per heavy atom. The number of sulfonamides is 1. The Morgan fingerprint density at radius 1 is 1.67 bits per heavy atom. The van der Waals surface area contributed by atoms with Crippen LogP contribution < -0.4 is 5.32 Å². The van der Waals surface area contributed by atoms with Gasteiger partial charge in [-0.15, -0.1) is 4.40 Å². The average Bonchev–Trinajstić information content (AvgIpc) is 2.10. The summed E-state index contributed by atoms with van der Waals surface area (Å²) in [6.45, 7) is 0. The van der Waals surface area contributed by atoms with Gasteiger partial charge >= 0.3 is 0 Å². The molecule has 0 saturated carbocycles. The average molecular weight is 146 g/mol. The van der Waals surface area contributed by atoms with Gasteiger partial charge in [0.15, 0.2) is 0 Å². The van der Waals surface area contributed by atoms with Crippen molar-refractivity contribution in [3.05, 3.63) is 11.5 Å². The molecule has 0 aliphatic carbocycles. The summed E-state index contributed by atoms with van der Waals surface area (Å²) < 4.78 is 24.3. The van der Waals surface area contributed by atoms with Crippen LogP contribution in [0.15, 0.2) is 15.9 Å². The number of rotatable bonds is 0. The molecule has 0 aromatic rings. The Balaban J connectivity index is 3.01. The molecule has 0 unspecified atom stereocenters. The summed E-state index contributed by atoms with van der Waals surface area (Å²) in [5, 5.41) is 3.66. The largest absolute Gasteiger partial charge is 0.372 e. The number of amidine groups is 1. The van der Waals surface area contributed by atoms with E-state index in [-0.39, 0.29) is 0 Å². The second-order valence-electron chi connectivity index (χ2n) is 1.54. The van der Waals surface area contributed by atoms with Gasteiger partial charge in [-0.1, -0.05) is 0 Å². The molecule has 0 fully saturated rings. The summed E-state index contributed by atoms with van der Waals surface area (Å²) in [5.74, 6) is 0.384. The van der Waals surface area contributed by atoms with E-state index in [2.05, 4.69) is 9.71 Å². The van der Waals surface area contributed by atoms with Crippen molar-refractivity contribution in [1.82, 2.24) is 5.32 Å². The summed E-state index contributed by atoms with van der Waals surface area (Å²) in [5.41, 5.74) is 0. The van der Waals surface area contributed by atoms with Gasteiger partial charge in [0.2, 0.25) is 0 Å². The van der Waals surface area contributed by atoms with E-state index in [4.69, 9.17) is 0 Å². The molecule has 0 radical (unpaired) electrons. The van der Waals surface area contributed by atoms with E-state index >= 15 is 0 Å². The quantitative estimate of drug-likeness (QED) is 0.499. The lowest BCUT2D eigenvalue weighted by Crippen LogP contribution is -2.13. The fourth-order valence-electron chi connectivity index (χ4n) is 0.477. The van der Waals surface area contributed by atoms with Crippen LogP contribution in [0.3, 0.4) is 0 Å². The third kappa shape index (κ3) is 1.29. The Hall–Kier alpha value is -0.840. The molecule has 1 N–H and O–H groups in total. The maximum Gasteiger partial charge on any atom is 0.277 e. The highest BCUT2D eigenvalue weighted by Crippen LogP contribution is 2.02. The highest BCUT2D eigenvalue weighted by Gasteiger charge is 2.10. The van der Waals surface area contributed by atoms with Gasteiger partial charge in [-0.3, -0.25) is 0 Å². The zero-order chi connectivity index (χ0) is 6.91. The van der Waals surface area contributed by atoms with Crippen LogP contribution in [0.25, 0.3) is 0 Å². The topological polar surface area (TPSA) is 58.5 Å². The van der Waals surface area contributed by atoms with Crippen molar-refractivity contribution in [3.63, 3.8) is 0 Å². The summed E-state index contributed by atoms with van der Waals surface area (Å²) in [4.78, 5) is 0. The summed E-state index contributed by atoms with van der Waals surface area (Å²) >= 11 is 0. The lowest BCUT2D eigenvalue weighted by molar-refractivity contribution is 0.607. The molecule has 0 aromatic heterocycles. The maximum absolute atomic E-state index is 10.5. The minimum Gasteiger partial charge on any atom is -0.372 e. The van der Waals surface area contributed by atoms with Crippen LogP contribution in [-0.2, 0) is 10.0 Å². The van der Waals surface area contributed by atoms with Crippen molar-refractivity contribution in [2.24, 2.45) is 4.40 Å². The number of nitrogens with one attached hydrogen (secondary N) is 1. The van der Waals surface area contributed by atoms with Crippen molar-refractivity contribution in [3.8, 4) is 0 Å². The number of hydrogen-bond acceptors (Lipinski definition) is 3. The Kier molecular flexibility index (Phi) is 1.28. The molecule has 5 heteroatoms. The number of likely N-dealkylation sites (N-methyl/N-ethyl adjacent to an activating group) is 1. The summed E-state index contributed by atoms with van der Waals surface area (Å²) in [6, 6.07) is 0. The molecule has 1 aliphatic rings. The van der Waals surface area contributed by atoms with E-state index in [0.717, 1.165) is 5.41 Å². The minimum atomic E-state index is -3.26. The third-order valence-electron chi connectivity index (χ3n) is 0.880. The van der Waals surface area contributed by atoms with E-state index in [1.165, 1.54) is 6.08 Å². The molecule has 0 aromatic carbocycles. The molecule has 4 nitrogen and oxygen atoms in total. The van der Waals surface area contributed by atoms with Gasteiger partial charge < -0.3 is 5.32 Å². The highest BCUT2D eigenvalue weighted by atomic mass is 32.2. The van der Waals surface area contributed by atoms with Crippen molar-refractivity contribution in [2.45, 2.75) is 0 Å². The fourth-order valence-corrected chi connectivity index (χ4v) is 1.27. The summed E-state index contributed by atoms with van der Waals surface area (Å²) in [7, 11) is -1.65. The molecule has 0 amide bonds. The van der Waals surface area contributed by atoms with Crippen LogP contribution in [0, 0.1) is 0 Å². The maximum atomic E-state index is 10.5. The standard InChI is InChI=1S/C4H6N2O2S/c1-5-4-2-3-9(7,8)6-4/h2-3H,1H3,(H,5,6). The molecule has 0 atom stereocenters. The first-order valence-corrected chi connectivity index (χ1v) is 3.85. The van der Waals surface area contributed by atoms with E-state index in [0.29, 0.717) is 5.84 Å². The molecule has 1 heterocycles. The third-order valence-corrected chi connectivity index (χ3v) is 1.81. The first-order chi connectivity index (χ1) is 4.14. The molecular weight excluding hydrogens is 140 g/mol. The zero-order valence-electron chi connectivity index (χ0n) is 4.83. The summed E-state index contributed by atoms with van der Waals surface area (Å²) in [6.07, 6.45) is 1.41. The molecule has 0 bridgehead atoms. The van der Waals surface area contributed by atoms with Crippen LogP contribution in [0.1, 0.15) is 0 Å². The predicted molar refractivity (Wildman–Crippen MR) is 34.6 cm³/mol. The molecule has 50 valence electrons. The Morgan fingerprint density at radius 2 is 2.33 bits per heavy atom. The van der Waals surface area contributed by atoms with Crippen molar-refractivity contribution in [2.75, 3.05) is 7.05 Å².